The molecule has 0 bridgehead atoms. The number of rotatable bonds is 2. The van der Waals surface area contributed by atoms with Crippen molar-refractivity contribution in [3.63, 3.8) is 0 Å². The minimum atomic E-state index is -4.71. The van der Waals surface area contributed by atoms with Crippen LogP contribution in [-0.2, 0) is 16.0 Å². The lowest BCUT2D eigenvalue weighted by atomic mass is 10.3. The first kappa shape index (κ1) is 14.8. The molecule has 0 aliphatic rings. The summed E-state index contributed by atoms with van der Waals surface area (Å²) in [7, 11) is -3.39. The number of aromatic nitrogens is 3. The van der Waals surface area contributed by atoms with Gasteiger partial charge in [-0.15, -0.1) is 5.10 Å². The van der Waals surface area contributed by atoms with Crippen molar-refractivity contribution in [2.45, 2.75) is 11.1 Å². The molecule has 0 spiro atoms. The number of hydrogen-bond donors (Lipinski definition) is 0. The third-order valence-electron chi connectivity index (χ3n) is 2.33. The molecule has 0 radical (unpaired) electrons. The molecule has 0 atom stereocenters. The normalized spacial score (nSPS) is 12.7. The third kappa shape index (κ3) is 2.93. The molecular formula is C10H7ClF3N3O2S. The Bertz CT molecular complexity index is 738. The highest BCUT2D eigenvalue weighted by Crippen LogP contribution is 2.28. The molecule has 0 amide bonds. The summed E-state index contributed by atoms with van der Waals surface area (Å²) in [5.41, 5.74) is 0.172. The quantitative estimate of drug-likeness (QED) is 0.850. The Hall–Kier alpha value is -1.61. The number of alkyl halides is 3. The van der Waals surface area contributed by atoms with Gasteiger partial charge in [-0.1, -0.05) is 0 Å². The largest absolute Gasteiger partial charge is 0.453 e. The lowest BCUT2D eigenvalue weighted by Gasteiger charge is -2.03. The molecule has 0 saturated heterocycles. The Balaban J connectivity index is 2.45. The Morgan fingerprint density at radius 2 is 1.75 bits per heavy atom. The van der Waals surface area contributed by atoms with Crippen LogP contribution in [0.3, 0.4) is 0 Å². The smallest absolute Gasteiger partial charge is 0.224 e. The van der Waals surface area contributed by atoms with Crippen LogP contribution in [0.5, 0.6) is 0 Å². The van der Waals surface area contributed by atoms with Gasteiger partial charge in [-0.05, 0) is 35.9 Å². The van der Waals surface area contributed by atoms with E-state index in [0.29, 0.717) is 0 Å². The van der Waals surface area contributed by atoms with Crippen molar-refractivity contribution in [1.82, 2.24) is 14.8 Å². The fourth-order valence-electron chi connectivity index (χ4n) is 1.41. The summed E-state index contributed by atoms with van der Waals surface area (Å²) < 4.78 is 60.6. The van der Waals surface area contributed by atoms with Crippen LogP contribution < -0.4 is 0 Å². The first-order valence-corrected chi connectivity index (χ1v) is 7.36. The topological polar surface area (TPSA) is 64.8 Å². The molecular weight excluding hydrogens is 319 g/mol. The number of benzene rings is 1. The van der Waals surface area contributed by atoms with Gasteiger partial charge in [-0.3, -0.25) is 0 Å². The van der Waals surface area contributed by atoms with Gasteiger partial charge in [0.05, 0.1) is 10.6 Å². The summed E-state index contributed by atoms with van der Waals surface area (Å²) in [6, 6.07) is 5.07. The number of halogens is 4. The van der Waals surface area contributed by atoms with E-state index in [1.165, 1.54) is 24.3 Å². The van der Waals surface area contributed by atoms with E-state index < -0.39 is 27.1 Å². The zero-order valence-electron chi connectivity index (χ0n) is 9.89. The van der Waals surface area contributed by atoms with Crippen LogP contribution in [-0.4, -0.2) is 29.4 Å². The third-order valence-corrected chi connectivity index (χ3v) is 3.70. The van der Waals surface area contributed by atoms with Crippen molar-refractivity contribution in [3.8, 4) is 5.69 Å². The SMILES string of the molecule is CS(=O)(=O)c1ccc(-n2nc(C(F)(F)F)nc2Cl)cc1. The van der Waals surface area contributed by atoms with Gasteiger partial charge in [0.2, 0.25) is 5.28 Å². The molecule has 0 fully saturated rings. The minimum absolute atomic E-state index is 0.0357. The Morgan fingerprint density at radius 1 is 1.20 bits per heavy atom. The summed E-state index contributed by atoms with van der Waals surface area (Å²) in [5.74, 6) is -1.37. The summed E-state index contributed by atoms with van der Waals surface area (Å²) >= 11 is 5.59. The van der Waals surface area contributed by atoms with Crippen molar-refractivity contribution in [2.75, 3.05) is 6.26 Å². The van der Waals surface area contributed by atoms with E-state index in [0.717, 1.165) is 10.9 Å². The summed E-state index contributed by atoms with van der Waals surface area (Å²) in [6.45, 7) is 0. The highest BCUT2D eigenvalue weighted by Gasteiger charge is 2.37. The predicted molar refractivity (Wildman–Crippen MR) is 64.5 cm³/mol. The van der Waals surface area contributed by atoms with E-state index in [2.05, 4.69) is 10.1 Å². The number of nitrogens with zero attached hydrogens (tertiary/aromatic N) is 3. The van der Waals surface area contributed by atoms with Gasteiger partial charge in [0.25, 0.3) is 5.82 Å². The highest BCUT2D eigenvalue weighted by molar-refractivity contribution is 7.90. The Labute approximate surface area is 116 Å². The van der Waals surface area contributed by atoms with Crippen LogP contribution in [0.1, 0.15) is 5.82 Å². The minimum Gasteiger partial charge on any atom is -0.224 e. The summed E-state index contributed by atoms with van der Waals surface area (Å²) in [5, 5.41) is 2.77. The molecule has 10 heteroatoms. The number of hydrogen-bond acceptors (Lipinski definition) is 4. The lowest BCUT2D eigenvalue weighted by molar-refractivity contribution is -0.144. The van der Waals surface area contributed by atoms with Crippen LogP contribution in [0.2, 0.25) is 5.28 Å². The Kier molecular flexibility index (Phi) is 3.51. The van der Waals surface area contributed by atoms with E-state index in [-0.39, 0.29) is 10.6 Å². The fourth-order valence-corrected chi connectivity index (χ4v) is 2.26. The van der Waals surface area contributed by atoms with Crippen LogP contribution in [0.25, 0.3) is 5.69 Å². The van der Waals surface area contributed by atoms with Gasteiger partial charge in [-0.25, -0.2) is 13.1 Å². The average molecular weight is 326 g/mol. The van der Waals surface area contributed by atoms with E-state index >= 15 is 0 Å². The average Bonchev–Trinajstić information content (AvgIpc) is 2.70. The van der Waals surface area contributed by atoms with Gasteiger partial charge >= 0.3 is 6.18 Å². The zero-order chi connectivity index (χ0) is 15.1. The van der Waals surface area contributed by atoms with Crippen LogP contribution in [0.15, 0.2) is 29.2 Å². The first-order valence-electron chi connectivity index (χ1n) is 5.09. The van der Waals surface area contributed by atoms with E-state index in [1.54, 1.807) is 0 Å². The molecule has 108 valence electrons. The van der Waals surface area contributed by atoms with E-state index in [9.17, 15) is 21.6 Å². The molecule has 0 unspecified atom stereocenters. The van der Waals surface area contributed by atoms with Gasteiger partial charge in [0.15, 0.2) is 9.84 Å². The molecule has 0 saturated carbocycles. The molecule has 0 N–H and O–H groups in total. The monoisotopic (exact) mass is 325 g/mol. The standard InChI is InChI=1S/C10H7ClF3N3O2S/c1-20(18,19)7-4-2-6(3-5-7)17-9(11)15-8(16-17)10(12,13)14/h2-5H,1H3. The zero-order valence-corrected chi connectivity index (χ0v) is 11.5. The molecule has 0 aliphatic carbocycles. The molecule has 1 aromatic carbocycles. The van der Waals surface area contributed by atoms with E-state index in [1.807, 2.05) is 0 Å². The molecule has 20 heavy (non-hydrogen) atoms. The molecule has 1 aromatic heterocycles. The van der Waals surface area contributed by atoms with Crippen molar-refractivity contribution < 1.29 is 21.6 Å². The van der Waals surface area contributed by atoms with Crippen molar-refractivity contribution in [1.29, 1.82) is 0 Å². The molecule has 1 heterocycles. The molecule has 5 nitrogen and oxygen atoms in total. The number of sulfone groups is 1. The van der Waals surface area contributed by atoms with E-state index in [4.69, 9.17) is 11.6 Å². The maximum absolute atomic E-state index is 12.4. The molecule has 2 aromatic rings. The van der Waals surface area contributed by atoms with Crippen LogP contribution in [0, 0.1) is 0 Å². The van der Waals surface area contributed by atoms with Gasteiger partial charge in [0.1, 0.15) is 0 Å². The maximum atomic E-state index is 12.4. The lowest BCUT2D eigenvalue weighted by Crippen LogP contribution is -2.08. The van der Waals surface area contributed by atoms with Gasteiger partial charge in [-0.2, -0.15) is 18.2 Å². The van der Waals surface area contributed by atoms with Crippen molar-refractivity contribution >= 4 is 21.4 Å². The second kappa shape index (κ2) is 4.74. The fraction of sp³-hybridized carbons (Fsp3) is 0.200. The summed E-state index contributed by atoms with van der Waals surface area (Å²) in [6.07, 6.45) is -3.69. The van der Waals surface area contributed by atoms with Gasteiger partial charge in [0, 0.05) is 6.26 Å². The van der Waals surface area contributed by atoms with Gasteiger partial charge < -0.3 is 0 Å². The summed E-state index contributed by atoms with van der Waals surface area (Å²) in [4.78, 5) is 3.14. The molecule has 2 rings (SSSR count). The van der Waals surface area contributed by atoms with Crippen molar-refractivity contribution in [2.24, 2.45) is 0 Å². The Morgan fingerprint density at radius 3 is 2.15 bits per heavy atom. The maximum Gasteiger partial charge on any atom is 0.453 e. The van der Waals surface area contributed by atoms with Crippen molar-refractivity contribution in [3.05, 3.63) is 35.4 Å². The predicted octanol–water partition coefficient (Wildman–Crippen LogP) is 2.34. The first-order chi connectivity index (χ1) is 9.09. The molecule has 0 aliphatic heterocycles. The second-order valence-corrected chi connectivity index (χ2v) is 6.23. The van der Waals surface area contributed by atoms with Crippen LogP contribution >= 0.6 is 11.6 Å². The highest BCUT2D eigenvalue weighted by atomic mass is 35.5. The second-order valence-electron chi connectivity index (χ2n) is 3.88. The van der Waals surface area contributed by atoms with Crippen LogP contribution in [0.4, 0.5) is 13.2 Å².